The standard InChI is InChI=1S/C19H28N4O2S.C5H12O/c1-13-16-17(20)15(12-24)26-19(16)21-14(2)18(13)25-11-10-23-8-4-6-22(3)7-5-9-23;1-5(2,3)6-4/h12H,4-11,20H2,1-3H3;1-4H3. The second-order valence-corrected chi connectivity index (χ2v) is 10.4. The minimum absolute atomic E-state index is 0.0417. The van der Waals surface area contributed by atoms with Crippen LogP contribution in [0, 0.1) is 13.8 Å². The molecule has 2 aromatic heterocycles. The van der Waals surface area contributed by atoms with Crippen molar-refractivity contribution < 1.29 is 14.3 Å². The number of ether oxygens (including phenoxy) is 2. The molecule has 2 N–H and O–H groups in total. The smallest absolute Gasteiger partial charge is 0.162 e. The van der Waals surface area contributed by atoms with Crippen LogP contribution in [0.1, 0.15) is 54.5 Å². The van der Waals surface area contributed by atoms with Gasteiger partial charge in [0.15, 0.2) is 6.29 Å². The first-order valence-electron chi connectivity index (χ1n) is 11.3. The molecule has 0 unspecified atom stereocenters. The molecule has 0 spiro atoms. The van der Waals surface area contributed by atoms with Gasteiger partial charge in [-0.25, -0.2) is 4.98 Å². The van der Waals surface area contributed by atoms with Crippen molar-refractivity contribution in [3.8, 4) is 5.75 Å². The Labute approximate surface area is 196 Å². The summed E-state index contributed by atoms with van der Waals surface area (Å²) in [6.07, 6.45) is 3.19. The number of methoxy groups -OCH3 is 1. The Hall–Kier alpha value is -1.74. The maximum absolute atomic E-state index is 11.2. The Morgan fingerprint density at radius 2 is 1.75 bits per heavy atom. The van der Waals surface area contributed by atoms with E-state index in [0.29, 0.717) is 17.2 Å². The second kappa shape index (κ2) is 11.9. The SMILES string of the molecule is COC(C)(C)C.Cc1nc2sc(C=O)c(N)c2c(C)c1OCCN1CCCN(C)CCC1. The van der Waals surface area contributed by atoms with Crippen LogP contribution in [-0.2, 0) is 4.74 Å². The lowest BCUT2D eigenvalue weighted by atomic mass is 10.1. The van der Waals surface area contributed by atoms with Gasteiger partial charge in [0.2, 0.25) is 0 Å². The molecule has 0 radical (unpaired) electrons. The average molecular weight is 465 g/mol. The number of rotatable bonds is 5. The third kappa shape index (κ3) is 7.40. The number of anilines is 1. The number of pyridine rings is 1. The number of nitrogens with two attached hydrogens (primary N) is 1. The van der Waals surface area contributed by atoms with Gasteiger partial charge in [-0.2, -0.15) is 0 Å². The van der Waals surface area contributed by atoms with Crippen molar-refractivity contribution in [2.75, 3.05) is 59.2 Å². The van der Waals surface area contributed by atoms with Crippen LogP contribution < -0.4 is 10.5 Å². The number of fused-ring (bicyclic) bond motifs is 1. The van der Waals surface area contributed by atoms with Crippen LogP contribution in [-0.4, -0.2) is 80.2 Å². The molecule has 0 aromatic carbocycles. The number of hydrogen-bond acceptors (Lipinski definition) is 8. The fraction of sp³-hybridized carbons (Fsp3) is 0.667. The van der Waals surface area contributed by atoms with Gasteiger partial charge in [-0.15, -0.1) is 11.3 Å². The van der Waals surface area contributed by atoms with E-state index in [1.165, 1.54) is 24.2 Å². The van der Waals surface area contributed by atoms with Crippen LogP contribution in [0.2, 0.25) is 0 Å². The molecular formula is C24H40N4O3S. The van der Waals surface area contributed by atoms with E-state index in [1.54, 1.807) is 7.11 Å². The van der Waals surface area contributed by atoms with Gasteiger partial charge < -0.3 is 20.1 Å². The number of aromatic nitrogens is 1. The highest BCUT2D eigenvalue weighted by molar-refractivity contribution is 7.20. The topological polar surface area (TPSA) is 80.9 Å². The van der Waals surface area contributed by atoms with Crippen molar-refractivity contribution in [1.29, 1.82) is 0 Å². The zero-order valence-electron chi connectivity index (χ0n) is 20.8. The van der Waals surface area contributed by atoms with Crippen molar-refractivity contribution in [2.45, 2.75) is 53.1 Å². The van der Waals surface area contributed by atoms with Gasteiger partial charge in [-0.1, -0.05) is 0 Å². The Morgan fingerprint density at radius 3 is 2.28 bits per heavy atom. The lowest BCUT2D eigenvalue weighted by Gasteiger charge is -2.28. The van der Waals surface area contributed by atoms with E-state index in [4.69, 9.17) is 15.2 Å². The van der Waals surface area contributed by atoms with Crippen molar-refractivity contribution >= 4 is 33.5 Å². The Kier molecular flexibility index (Phi) is 9.88. The van der Waals surface area contributed by atoms with Gasteiger partial charge in [0.1, 0.15) is 17.2 Å². The Morgan fingerprint density at radius 1 is 1.16 bits per heavy atom. The monoisotopic (exact) mass is 464 g/mol. The van der Waals surface area contributed by atoms with Gasteiger partial charge in [0.05, 0.1) is 21.9 Å². The third-order valence-electron chi connectivity index (χ3n) is 5.67. The van der Waals surface area contributed by atoms with Gasteiger partial charge >= 0.3 is 0 Å². The Balaban J connectivity index is 0.000000534. The highest BCUT2D eigenvalue weighted by Gasteiger charge is 2.18. The quantitative estimate of drug-likeness (QED) is 0.666. The van der Waals surface area contributed by atoms with Crippen LogP contribution >= 0.6 is 11.3 Å². The molecule has 180 valence electrons. The predicted molar refractivity (Wildman–Crippen MR) is 134 cm³/mol. The van der Waals surface area contributed by atoms with Crippen LogP contribution in [0.15, 0.2) is 0 Å². The number of nitrogens with zero attached hydrogens (tertiary/aromatic N) is 3. The summed E-state index contributed by atoms with van der Waals surface area (Å²) in [5, 5.41) is 0.854. The molecule has 0 atom stereocenters. The van der Waals surface area contributed by atoms with Crippen molar-refractivity contribution in [3.05, 3.63) is 16.1 Å². The summed E-state index contributed by atoms with van der Waals surface area (Å²) in [6, 6.07) is 0. The molecule has 1 saturated heterocycles. The third-order valence-corrected chi connectivity index (χ3v) is 6.70. The number of hydrogen-bond donors (Lipinski definition) is 1. The van der Waals surface area contributed by atoms with Crippen LogP contribution in [0.25, 0.3) is 10.2 Å². The number of aryl methyl sites for hydroxylation is 2. The lowest BCUT2D eigenvalue weighted by Crippen LogP contribution is -2.37. The highest BCUT2D eigenvalue weighted by atomic mass is 32.1. The van der Waals surface area contributed by atoms with Gasteiger partial charge in [0.25, 0.3) is 0 Å². The molecule has 0 bridgehead atoms. The molecule has 2 aromatic rings. The number of nitrogen functional groups attached to an aromatic ring is 1. The number of thiophene rings is 1. The molecule has 0 saturated carbocycles. The molecule has 3 rings (SSSR count). The van der Waals surface area contributed by atoms with Gasteiger partial charge in [0, 0.05) is 24.6 Å². The van der Waals surface area contributed by atoms with E-state index in [2.05, 4.69) is 21.8 Å². The first kappa shape index (κ1) is 26.5. The van der Waals surface area contributed by atoms with E-state index in [1.807, 2.05) is 34.6 Å². The summed E-state index contributed by atoms with van der Waals surface area (Å²) < 4.78 is 11.1. The maximum atomic E-state index is 11.2. The zero-order valence-corrected chi connectivity index (χ0v) is 21.6. The summed E-state index contributed by atoms with van der Waals surface area (Å²) in [7, 11) is 3.90. The van der Waals surface area contributed by atoms with E-state index < -0.39 is 0 Å². The molecule has 3 heterocycles. The minimum Gasteiger partial charge on any atom is -0.490 e. The Bertz CT molecular complexity index is 882. The fourth-order valence-electron chi connectivity index (χ4n) is 3.63. The summed E-state index contributed by atoms with van der Waals surface area (Å²) >= 11 is 1.34. The molecule has 32 heavy (non-hydrogen) atoms. The van der Waals surface area contributed by atoms with Gasteiger partial charge in [-0.3, -0.25) is 9.69 Å². The van der Waals surface area contributed by atoms with Crippen molar-refractivity contribution in [1.82, 2.24) is 14.8 Å². The molecule has 0 amide bonds. The minimum atomic E-state index is 0.0417. The predicted octanol–water partition coefficient (Wildman–Crippen LogP) is 4.15. The van der Waals surface area contributed by atoms with Crippen molar-refractivity contribution in [2.24, 2.45) is 0 Å². The maximum Gasteiger partial charge on any atom is 0.162 e. The normalized spacial score (nSPS) is 16.2. The molecule has 0 aliphatic carbocycles. The first-order chi connectivity index (χ1) is 15.1. The molecule has 7 nitrogen and oxygen atoms in total. The fourth-order valence-corrected chi connectivity index (χ4v) is 4.65. The summed E-state index contributed by atoms with van der Waals surface area (Å²) in [5.74, 6) is 0.797. The average Bonchev–Trinajstić information content (AvgIpc) is 3.03. The molecule has 1 aliphatic heterocycles. The van der Waals surface area contributed by atoms with E-state index in [0.717, 1.165) is 66.2 Å². The largest absolute Gasteiger partial charge is 0.490 e. The number of aldehydes is 1. The lowest BCUT2D eigenvalue weighted by molar-refractivity contribution is 0.0397. The molecular weight excluding hydrogens is 424 g/mol. The molecule has 1 fully saturated rings. The molecule has 1 aliphatic rings. The van der Waals surface area contributed by atoms with E-state index in [9.17, 15) is 4.79 Å². The summed E-state index contributed by atoms with van der Waals surface area (Å²) in [5.41, 5.74) is 8.51. The van der Waals surface area contributed by atoms with Crippen molar-refractivity contribution in [3.63, 3.8) is 0 Å². The summed E-state index contributed by atoms with van der Waals surface area (Å²) in [4.78, 5) is 22.0. The number of carbonyl (C=O) groups is 1. The van der Waals surface area contributed by atoms with E-state index in [-0.39, 0.29) is 5.60 Å². The number of carbonyl (C=O) groups excluding carboxylic acids is 1. The highest BCUT2D eigenvalue weighted by Crippen LogP contribution is 2.38. The zero-order chi connectivity index (χ0) is 23.9. The van der Waals surface area contributed by atoms with Crippen LogP contribution in [0.4, 0.5) is 5.69 Å². The summed E-state index contributed by atoms with van der Waals surface area (Å²) in [6.45, 7) is 16.1. The molecule has 8 heteroatoms. The van der Waals surface area contributed by atoms with Crippen LogP contribution in [0.3, 0.4) is 0 Å². The first-order valence-corrected chi connectivity index (χ1v) is 12.1. The van der Waals surface area contributed by atoms with Crippen LogP contribution in [0.5, 0.6) is 5.75 Å². The van der Waals surface area contributed by atoms with E-state index >= 15 is 0 Å². The second-order valence-electron chi connectivity index (χ2n) is 9.35. The van der Waals surface area contributed by atoms with Gasteiger partial charge in [-0.05, 0) is 80.7 Å².